The van der Waals surface area contributed by atoms with Crippen molar-refractivity contribution in [1.29, 1.82) is 0 Å². The largest absolute Gasteiger partial charge is 0.494 e. The fourth-order valence-electron chi connectivity index (χ4n) is 2.96. The van der Waals surface area contributed by atoms with Crippen LogP contribution in [0, 0.1) is 12.3 Å². The third-order valence-corrected chi connectivity index (χ3v) is 7.20. The number of sulfone groups is 1. The number of hydrogen-bond donors (Lipinski definition) is 0. The molecule has 1 aromatic heterocycles. The van der Waals surface area contributed by atoms with Gasteiger partial charge < -0.3 is 9.30 Å². The highest BCUT2D eigenvalue weighted by molar-refractivity contribution is 7.91. The van der Waals surface area contributed by atoms with Crippen molar-refractivity contribution in [2.24, 2.45) is 4.99 Å². The van der Waals surface area contributed by atoms with Crippen molar-refractivity contribution >= 4 is 37.3 Å². The van der Waals surface area contributed by atoms with Gasteiger partial charge in [-0.2, -0.15) is 4.99 Å². The number of carbonyl (C=O) groups excluding carboxylic acids is 1. The Bertz CT molecular complexity index is 1250. The SMILES string of the molecule is C#CCn1c(=NC(=O)CCCS(=O)(=O)c2ccccc2)sc2cc(OCC)ccc21. The Morgan fingerprint density at radius 1 is 1.23 bits per heavy atom. The molecule has 8 heteroatoms. The average molecular weight is 443 g/mol. The highest BCUT2D eigenvalue weighted by Crippen LogP contribution is 2.23. The predicted molar refractivity (Wildman–Crippen MR) is 118 cm³/mol. The van der Waals surface area contributed by atoms with Crippen molar-refractivity contribution in [2.45, 2.75) is 31.2 Å². The van der Waals surface area contributed by atoms with Crippen LogP contribution in [0.5, 0.6) is 5.75 Å². The van der Waals surface area contributed by atoms with E-state index in [1.54, 1.807) is 34.9 Å². The number of amides is 1. The Morgan fingerprint density at radius 2 is 2.00 bits per heavy atom. The average Bonchev–Trinajstić information content (AvgIpc) is 3.05. The molecular weight excluding hydrogens is 420 g/mol. The lowest BCUT2D eigenvalue weighted by molar-refractivity contribution is -0.118. The molecule has 0 aliphatic rings. The normalized spacial score (nSPS) is 12.1. The van der Waals surface area contributed by atoms with Crippen molar-refractivity contribution in [3.63, 3.8) is 0 Å². The lowest BCUT2D eigenvalue weighted by Crippen LogP contribution is -2.16. The molecule has 6 nitrogen and oxygen atoms in total. The van der Waals surface area contributed by atoms with Crippen LogP contribution >= 0.6 is 11.3 Å². The smallest absolute Gasteiger partial charge is 0.248 e. The lowest BCUT2D eigenvalue weighted by atomic mass is 10.3. The molecule has 0 aliphatic carbocycles. The Kier molecular flexibility index (Phi) is 7.08. The van der Waals surface area contributed by atoms with Gasteiger partial charge in [0.2, 0.25) is 5.91 Å². The first-order valence-corrected chi connectivity index (χ1v) is 12.0. The quantitative estimate of drug-likeness (QED) is 0.501. The van der Waals surface area contributed by atoms with E-state index in [4.69, 9.17) is 11.2 Å². The van der Waals surface area contributed by atoms with Crippen molar-refractivity contribution in [3.05, 3.63) is 53.3 Å². The number of hydrogen-bond acceptors (Lipinski definition) is 5. The van der Waals surface area contributed by atoms with Gasteiger partial charge in [-0.25, -0.2) is 8.42 Å². The molecule has 0 aliphatic heterocycles. The van der Waals surface area contributed by atoms with E-state index in [9.17, 15) is 13.2 Å². The molecular formula is C22H22N2O4S2. The van der Waals surface area contributed by atoms with Crippen molar-refractivity contribution in [3.8, 4) is 18.1 Å². The first kappa shape index (κ1) is 21.8. The van der Waals surface area contributed by atoms with Crippen LogP contribution in [0.15, 0.2) is 58.4 Å². The maximum atomic E-state index is 12.4. The molecule has 30 heavy (non-hydrogen) atoms. The topological polar surface area (TPSA) is 77.7 Å². The number of nitrogens with zero attached hydrogens (tertiary/aromatic N) is 2. The summed E-state index contributed by atoms with van der Waals surface area (Å²) < 4.78 is 32.9. The molecule has 0 radical (unpaired) electrons. The molecule has 2 aromatic carbocycles. The van der Waals surface area contributed by atoms with Gasteiger partial charge in [-0.1, -0.05) is 35.5 Å². The Morgan fingerprint density at radius 3 is 2.70 bits per heavy atom. The maximum absolute atomic E-state index is 12.4. The molecule has 0 fully saturated rings. The zero-order chi connectivity index (χ0) is 21.6. The fourth-order valence-corrected chi connectivity index (χ4v) is 5.37. The molecule has 0 saturated heterocycles. The first-order valence-electron chi connectivity index (χ1n) is 9.49. The van der Waals surface area contributed by atoms with Crippen LogP contribution in [0.3, 0.4) is 0 Å². The van der Waals surface area contributed by atoms with Crippen LogP contribution < -0.4 is 9.54 Å². The van der Waals surface area contributed by atoms with E-state index in [0.29, 0.717) is 11.4 Å². The summed E-state index contributed by atoms with van der Waals surface area (Å²) in [5, 5.41) is 0. The minimum Gasteiger partial charge on any atom is -0.494 e. The van der Waals surface area contributed by atoms with Gasteiger partial charge >= 0.3 is 0 Å². The summed E-state index contributed by atoms with van der Waals surface area (Å²) in [6.45, 7) is 2.75. The van der Waals surface area contributed by atoms with Crippen molar-refractivity contribution in [1.82, 2.24) is 4.57 Å². The maximum Gasteiger partial charge on any atom is 0.248 e. The zero-order valence-corrected chi connectivity index (χ0v) is 18.2. The number of thiazole rings is 1. The summed E-state index contributed by atoms with van der Waals surface area (Å²) in [5.74, 6) is 2.84. The number of aromatic nitrogens is 1. The minimum atomic E-state index is -3.41. The Balaban J connectivity index is 1.77. The van der Waals surface area contributed by atoms with Gasteiger partial charge in [0.1, 0.15) is 5.75 Å². The predicted octanol–water partition coefficient (Wildman–Crippen LogP) is 3.42. The van der Waals surface area contributed by atoms with Gasteiger partial charge in [0, 0.05) is 6.42 Å². The zero-order valence-electron chi connectivity index (χ0n) is 16.6. The monoisotopic (exact) mass is 442 g/mol. The number of rotatable bonds is 8. The summed E-state index contributed by atoms with van der Waals surface area (Å²) >= 11 is 1.35. The van der Waals surface area contributed by atoms with Crippen LogP contribution in [-0.2, 0) is 21.2 Å². The van der Waals surface area contributed by atoms with Crippen LogP contribution in [-0.4, -0.2) is 31.3 Å². The lowest BCUT2D eigenvalue weighted by Gasteiger charge is -2.04. The minimum absolute atomic E-state index is 0.0422. The molecule has 0 unspecified atom stereocenters. The second-order valence-electron chi connectivity index (χ2n) is 6.48. The third kappa shape index (κ3) is 5.17. The van der Waals surface area contributed by atoms with E-state index >= 15 is 0 Å². The molecule has 1 amide bonds. The van der Waals surface area contributed by atoms with E-state index in [1.807, 2.05) is 25.1 Å². The Labute approximate surface area is 179 Å². The Hall–Kier alpha value is -2.89. The van der Waals surface area contributed by atoms with Crippen LogP contribution in [0.1, 0.15) is 19.8 Å². The summed E-state index contributed by atoms with van der Waals surface area (Å²) in [6.07, 6.45) is 5.73. The third-order valence-electron chi connectivity index (χ3n) is 4.34. The number of carbonyl (C=O) groups is 1. The van der Waals surface area contributed by atoms with Gasteiger partial charge in [-0.3, -0.25) is 4.79 Å². The molecule has 0 atom stereocenters. The van der Waals surface area contributed by atoms with Gasteiger partial charge in [0.25, 0.3) is 0 Å². The molecule has 0 spiro atoms. The van der Waals surface area contributed by atoms with Gasteiger partial charge in [0.15, 0.2) is 14.6 Å². The summed E-state index contributed by atoms with van der Waals surface area (Å²) in [6, 6.07) is 13.9. The molecule has 156 valence electrons. The second-order valence-corrected chi connectivity index (χ2v) is 9.60. The fraction of sp³-hybridized carbons (Fsp3) is 0.273. The molecule has 3 aromatic rings. The second kappa shape index (κ2) is 9.74. The summed E-state index contributed by atoms with van der Waals surface area (Å²) in [7, 11) is -3.41. The van der Waals surface area contributed by atoms with Crippen LogP contribution in [0.4, 0.5) is 0 Å². The molecule has 0 saturated carbocycles. The number of fused-ring (bicyclic) bond motifs is 1. The van der Waals surface area contributed by atoms with Crippen LogP contribution in [0.2, 0.25) is 0 Å². The highest BCUT2D eigenvalue weighted by Gasteiger charge is 2.15. The van der Waals surface area contributed by atoms with Gasteiger partial charge in [-0.15, -0.1) is 6.42 Å². The number of terminal acetylenes is 1. The highest BCUT2D eigenvalue weighted by atomic mass is 32.2. The van der Waals surface area contributed by atoms with E-state index in [2.05, 4.69) is 10.9 Å². The number of ether oxygens (including phenoxy) is 1. The van der Waals surface area contributed by atoms with Crippen molar-refractivity contribution in [2.75, 3.05) is 12.4 Å². The van der Waals surface area contributed by atoms with Gasteiger partial charge in [-0.05, 0) is 43.7 Å². The molecule has 0 bridgehead atoms. The van der Waals surface area contributed by atoms with E-state index < -0.39 is 9.84 Å². The van der Waals surface area contributed by atoms with Crippen molar-refractivity contribution < 1.29 is 17.9 Å². The summed E-state index contributed by atoms with van der Waals surface area (Å²) in [4.78, 5) is 17.3. The van der Waals surface area contributed by atoms with Crippen LogP contribution in [0.25, 0.3) is 10.2 Å². The van der Waals surface area contributed by atoms with E-state index in [1.165, 1.54) is 11.3 Å². The van der Waals surface area contributed by atoms with E-state index in [-0.39, 0.29) is 35.9 Å². The first-order chi connectivity index (χ1) is 14.4. The molecule has 3 rings (SSSR count). The standard InChI is InChI=1S/C22H22N2O4S2/c1-3-14-24-19-13-12-17(28-4-2)16-20(19)29-22(24)23-21(25)11-8-15-30(26,27)18-9-6-5-7-10-18/h1,5-7,9-10,12-13,16H,4,8,11,14-15H2,2H3. The number of benzene rings is 2. The van der Waals surface area contributed by atoms with Gasteiger partial charge in [0.05, 0.1) is 34.0 Å². The summed E-state index contributed by atoms with van der Waals surface area (Å²) in [5.41, 5.74) is 0.875. The van der Waals surface area contributed by atoms with E-state index in [0.717, 1.165) is 16.0 Å². The molecule has 0 N–H and O–H groups in total. The molecule has 1 heterocycles.